The second-order valence-electron chi connectivity index (χ2n) is 8.14. The zero-order valence-electron chi connectivity index (χ0n) is 16.6. The molecule has 2 heterocycles. The Morgan fingerprint density at radius 3 is 2.25 bits per heavy atom. The minimum absolute atomic E-state index is 0.125. The molecule has 154 valence electrons. The van der Waals surface area contributed by atoms with Gasteiger partial charge in [0.15, 0.2) is 0 Å². The van der Waals surface area contributed by atoms with Gasteiger partial charge in [-0.05, 0) is 45.0 Å². The van der Waals surface area contributed by atoms with E-state index in [2.05, 4.69) is 5.32 Å². The van der Waals surface area contributed by atoms with Crippen molar-refractivity contribution in [2.45, 2.75) is 38.6 Å². The minimum Gasteiger partial charge on any atom is -0.441 e. The van der Waals surface area contributed by atoms with Gasteiger partial charge in [-0.15, -0.1) is 0 Å². The molecule has 2 atom stereocenters. The highest BCUT2D eigenvalue weighted by Gasteiger charge is 2.41. The number of likely N-dealkylation sites (tertiary alicyclic amines) is 1. The van der Waals surface area contributed by atoms with Crippen molar-refractivity contribution < 1.29 is 19.1 Å². The fraction of sp³-hybridized carbons (Fsp3) is 0.600. The molecule has 3 rings (SSSR count). The smallest absolute Gasteiger partial charge is 0.410 e. The number of nitrogens with one attached hydrogen (secondary N) is 1. The minimum atomic E-state index is -0.502. The van der Waals surface area contributed by atoms with E-state index in [1.54, 1.807) is 34.1 Å². The van der Waals surface area contributed by atoms with E-state index in [0.29, 0.717) is 36.8 Å². The molecule has 2 amide bonds. The molecule has 0 radical (unpaired) electrons. The van der Waals surface area contributed by atoms with Gasteiger partial charge in [0, 0.05) is 36.8 Å². The Morgan fingerprint density at radius 1 is 1.04 bits per heavy atom. The van der Waals surface area contributed by atoms with Crippen LogP contribution in [-0.2, 0) is 9.47 Å². The number of benzene rings is 1. The van der Waals surface area contributed by atoms with E-state index in [-0.39, 0.29) is 18.1 Å². The average Bonchev–Trinajstić information content (AvgIpc) is 3.03. The third-order valence-corrected chi connectivity index (χ3v) is 4.98. The van der Waals surface area contributed by atoms with E-state index in [9.17, 15) is 9.59 Å². The van der Waals surface area contributed by atoms with E-state index in [1.807, 2.05) is 20.8 Å². The first-order chi connectivity index (χ1) is 13.2. The molecule has 2 fully saturated rings. The average molecular weight is 410 g/mol. The Bertz CT molecular complexity index is 698. The molecular weight excluding hydrogens is 382 g/mol. The van der Waals surface area contributed by atoms with Crippen molar-refractivity contribution in [2.75, 3.05) is 39.3 Å². The van der Waals surface area contributed by atoms with E-state index in [0.717, 1.165) is 13.1 Å². The summed E-state index contributed by atoms with van der Waals surface area (Å²) >= 11 is 5.91. The molecule has 2 saturated heterocycles. The second-order valence-corrected chi connectivity index (χ2v) is 8.58. The zero-order valence-corrected chi connectivity index (χ0v) is 17.4. The first kappa shape index (κ1) is 20.9. The maximum Gasteiger partial charge on any atom is 0.410 e. The molecule has 2 unspecified atom stereocenters. The quantitative estimate of drug-likeness (QED) is 0.830. The van der Waals surface area contributed by atoms with Crippen molar-refractivity contribution in [1.82, 2.24) is 15.1 Å². The molecule has 0 spiro atoms. The summed E-state index contributed by atoms with van der Waals surface area (Å²) in [6.45, 7) is 9.26. The maximum absolute atomic E-state index is 12.9. The van der Waals surface area contributed by atoms with Gasteiger partial charge in [-0.3, -0.25) is 4.79 Å². The lowest BCUT2D eigenvalue weighted by Crippen LogP contribution is -2.48. The van der Waals surface area contributed by atoms with Gasteiger partial charge >= 0.3 is 6.09 Å². The van der Waals surface area contributed by atoms with Crippen LogP contribution in [-0.4, -0.2) is 78.9 Å². The van der Waals surface area contributed by atoms with Gasteiger partial charge in [0.1, 0.15) is 12.2 Å². The molecule has 0 aromatic heterocycles. The summed E-state index contributed by atoms with van der Waals surface area (Å²) in [6.07, 6.45) is -1.23. The number of amides is 2. The summed E-state index contributed by atoms with van der Waals surface area (Å²) in [4.78, 5) is 28.8. The van der Waals surface area contributed by atoms with Crippen LogP contribution in [0.3, 0.4) is 0 Å². The summed E-state index contributed by atoms with van der Waals surface area (Å²) in [7, 11) is 0. The molecule has 1 aromatic carbocycles. The van der Waals surface area contributed by atoms with Crippen molar-refractivity contribution >= 4 is 23.6 Å². The molecule has 2 aliphatic rings. The van der Waals surface area contributed by atoms with E-state index in [1.165, 1.54) is 0 Å². The topological polar surface area (TPSA) is 71.1 Å². The van der Waals surface area contributed by atoms with Crippen molar-refractivity contribution in [3.8, 4) is 0 Å². The lowest BCUT2D eigenvalue weighted by molar-refractivity contribution is -0.0959. The van der Waals surface area contributed by atoms with Gasteiger partial charge < -0.3 is 24.6 Å². The monoisotopic (exact) mass is 409 g/mol. The van der Waals surface area contributed by atoms with E-state index < -0.39 is 11.7 Å². The Balaban J connectivity index is 1.70. The fourth-order valence-electron chi connectivity index (χ4n) is 3.42. The highest BCUT2D eigenvalue weighted by Crippen LogP contribution is 2.25. The molecule has 1 aromatic rings. The van der Waals surface area contributed by atoms with Crippen LogP contribution in [0, 0.1) is 0 Å². The third kappa shape index (κ3) is 5.37. The van der Waals surface area contributed by atoms with Gasteiger partial charge in [-0.1, -0.05) is 11.6 Å². The number of carbonyl (C=O) groups excluding carboxylic acids is 2. The van der Waals surface area contributed by atoms with Crippen LogP contribution in [0.15, 0.2) is 24.3 Å². The van der Waals surface area contributed by atoms with E-state index >= 15 is 0 Å². The Labute approximate surface area is 170 Å². The number of piperazine rings is 1. The predicted molar refractivity (Wildman–Crippen MR) is 107 cm³/mol. The predicted octanol–water partition coefficient (Wildman–Crippen LogP) is 2.39. The first-order valence-electron chi connectivity index (χ1n) is 9.62. The maximum atomic E-state index is 12.9. The molecule has 2 aliphatic heterocycles. The SMILES string of the molecule is CC(C)(C)OC1CN(C(=O)c2ccc(Cl)cc2)CC1OC(=O)N1CCNCC1. The lowest BCUT2D eigenvalue weighted by atomic mass is 10.1. The van der Waals surface area contributed by atoms with Crippen molar-refractivity contribution in [3.63, 3.8) is 0 Å². The Hall–Kier alpha value is -1.83. The molecule has 7 nitrogen and oxygen atoms in total. The van der Waals surface area contributed by atoms with Gasteiger partial charge in [-0.25, -0.2) is 4.79 Å². The number of hydrogen-bond donors (Lipinski definition) is 1. The Kier molecular flexibility index (Phi) is 6.47. The molecule has 0 bridgehead atoms. The van der Waals surface area contributed by atoms with Crippen LogP contribution in [0.5, 0.6) is 0 Å². The van der Waals surface area contributed by atoms with Crippen LogP contribution in [0.4, 0.5) is 4.79 Å². The summed E-state index contributed by atoms with van der Waals surface area (Å²) in [5.41, 5.74) is 0.136. The fourth-order valence-corrected chi connectivity index (χ4v) is 3.54. The number of hydrogen-bond acceptors (Lipinski definition) is 5. The number of nitrogens with zero attached hydrogens (tertiary/aromatic N) is 2. The van der Waals surface area contributed by atoms with Crippen LogP contribution < -0.4 is 5.32 Å². The normalized spacial score (nSPS) is 23.0. The van der Waals surface area contributed by atoms with E-state index in [4.69, 9.17) is 21.1 Å². The summed E-state index contributed by atoms with van der Waals surface area (Å²) in [5.74, 6) is -0.125. The highest BCUT2D eigenvalue weighted by atomic mass is 35.5. The molecule has 8 heteroatoms. The van der Waals surface area contributed by atoms with Crippen LogP contribution in [0.25, 0.3) is 0 Å². The van der Waals surface area contributed by atoms with Gasteiger partial charge in [-0.2, -0.15) is 0 Å². The highest BCUT2D eigenvalue weighted by molar-refractivity contribution is 6.30. The number of carbonyl (C=O) groups is 2. The van der Waals surface area contributed by atoms with Crippen molar-refractivity contribution in [3.05, 3.63) is 34.9 Å². The summed E-state index contributed by atoms with van der Waals surface area (Å²) in [5, 5.41) is 3.79. The largest absolute Gasteiger partial charge is 0.441 e. The standard InChI is InChI=1S/C20H28ClN3O4/c1-20(2,3)28-17-13-24(18(25)14-4-6-15(21)7-5-14)12-16(17)27-19(26)23-10-8-22-9-11-23/h4-7,16-17,22H,8-13H2,1-3H3. The molecule has 1 N–H and O–H groups in total. The van der Waals surface area contributed by atoms with Gasteiger partial charge in [0.2, 0.25) is 0 Å². The van der Waals surface area contributed by atoms with Gasteiger partial charge in [0.05, 0.1) is 18.7 Å². The van der Waals surface area contributed by atoms with Crippen molar-refractivity contribution in [1.29, 1.82) is 0 Å². The number of ether oxygens (including phenoxy) is 2. The molecule has 28 heavy (non-hydrogen) atoms. The van der Waals surface area contributed by atoms with Crippen molar-refractivity contribution in [2.24, 2.45) is 0 Å². The van der Waals surface area contributed by atoms with Crippen LogP contribution in [0.2, 0.25) is 5.02 Å². The third-order valence-electron chi connectivity index (χ3n) is 4.73. The lowest BCUT2D eigenvalue weighted by Gasteiger charge is -2.31. The van der Waals surface area contributed by atoms with Gasteiger partial charge in [0.25, 0.3) is 5.91 Å². The number of halogens is 1. The summed E-state index contributed by atoms with van der Waals surface area (Å²) in [6, 6.07) is 6.78. The molecular formula is C20H28ClN3O4. The first-order valence-corrected chi connectivity index (χ1v) is 10.00. The molecule has 0 aliphatic carbocycles. The van der Waals surface area contributed by atoms with Crippen LogP contribution in [0.1, 0.15) is 31.1 Å². The second kappa shape index (κ2) is 8.68. The van der Waals surface area contributed by atoms with Crippen LogP contribution >= 0.6 is 11.6 Å². The zero-order chi connectivity index (χ0) is 20.3. The molecule has 0 saturated carbocycles. The number of rotatable bonds is 3. The Morgan fingerprint density at radius 2 is 1.64 bits per heavy atom. The summed E-state index contributed by atoms with van der Waals surface area (Å²) < 4.78 is 11.9.